The van der Waals surface area contributed by atoms with Crippen molar-refractivity contribution >= 4 is 104 Å². The Morgan fingerprint density at radius 3 is 1.53 bits per heavy atom. The van der Waals surface area contributed by atoms with Crippen LogP contribution in [0.4, 0.5) is 11.4 Å². The Bertz CT molecular complexity index is 2270. The molecule has 0 radical (unpaired) electrons. The van der Waals surface area contributed by atoms with Crippen molar-refractivity contribution in [3.8, 4) is 23.0 Å². The molecule has 13 nitrogen and oxygen atoms in total. The molecule has 4 N–H and O–H groups in total. The first kappa shape index (κ1) is 46.3. The number of amides is 1. The van der Waals surface area contributed by atoms with Crippen LogP contribution in [0.15, 0.2) is 108 Å². The highest BCUT2D eigenvalue weighted by Gasteiger charge is 2.13. The minimum atomic E-state index is -0.833. The number of thiazole rings is 2. The van der Waals surface area contributed by atoms with Gasteiger partial charge in [-0.3, -0.25) is 9.59 Å². The average molecular weight is 921 g/mol. The number of nitrogens with two attached hydrogens (primary N) is 1. The average Bonchev–Trinajstić information content (AvgIpc) is 3.95. The monoisotopic (exact) mass is 918 g/mol. The number of ether oxygens (including phenoxy) is 4. The van der Waals surface area contributed by atoms with E-state index in [1.165, 1.54) is 28.9 Å². The molecule has 0 atom stereocenters. The Morgan fingerprint density at radius 2 is 1.10 bits per heavy atom. The fourth-order valence-corrected chi connectivity index (χ4v) is 6.27. The van der Waals surface area contributed by atoms with Crippen molar-refractivity contribution in [2.45, 2.75) is 25.7 Å². The Hall–Kier alpha value is -5.42. The smallest absolute Gasteiger partial charge is 0.372 e. The van der Waals surface area contributed by atoms with E-state index in [9.17, 15) is 19.2 Å². The zero-order chi connectivity index (χ0) is 42.6. The number of rotatable bonds is 15. The second-order valence-electron chi connectivity index (χ2n) is 11.5. The second kappa shape index (κ2) is 24.5. The number of carboxylic acid groups (broad SMARTS) is 1. The van der Waals surface area contributed by atoms with Crippen LogP contribution >= 0.6 is 69.1 Å². The van der Waals surface area contributed by atoms with E-state index in [0.29, 0.717) is 85.5 Å². The normalized spacial score (nSPS) is 10.2. The Kier molecular flexibility index (Phi) is 19.2. The molecule has 6 aromatic rings. The summed E-state index contributed by atoms with van der Waals surface area (Å²) in [5.74, 6) is -0.0665. The highest BCUT2D eigenvalue weighted by atomic mass is 35.5. The van der Waals surface area contributed by atoms with Gasteiger partial charge in [0.25, 0.3) is 0 Å². The molecule has 0 bridgehead atoms. The first-order valence-corrected chi connectivity index (χ1v) is 20.5. The minimum absolute atomic E-state index is 0.0885. The number of carbonyl (C=O) groups is 4. The Balaban J connectivity index is 0.000000215. The number of nitrogen functional groups attached to an aromatic ring is 1. The van der Waals surface area contributed by atoms with Gasteiger partial charge < -0.3 is 35.1 Å². The van der Waals surface area contributed by atoms with Gasteiger partial charge in [0, 0.05) is 57.4 Å². The van der Waals surface area contributed by atoms with Crippen molar-refractivity contribution in [1.29, 1.82) is 0 Å². The number of hydrogen-bond acceptors (Lipinski definition) is 13. The molecule has 59 heavy (non-hydrogen) atoms. The third kappa shape index (κ3) is 17.1. The molecule has 0 aliphatic heterocycles. The number of esters is 2. The molecule has 2 aromatic heterocycles. The number of aromatic nitrogens is 2. The molecular formula is C40H34Cl4N4O9S2. The maximum absolute atomic E-state index is 12.1. The van der Waals surface area contributed by atoms with Crippen molar-refractivity contribution in [3.63, 3.8) is 0 Å². The third-order valence-electron chi connectivity index (χ3n) is 7.04. The zero-order valence-electron chi connectivity index (χ0n) is 30.6. The van der Waals surface area contributed by atoms with Crippen LogP contribution in [0.25, 0.3) is 0 Å². The Morgan fingerprint density at radius 1 is 0.644 bits per heavy atom. The van der Waals surface area contributed by atoms with Gasteiger partial charge in [-0.1, -0.05) is 46.4 Å². The summed E-state index contributed by atoms with van der Waals surface area (Å²) < 4.78 is 21.1. The summed E-state index contributed by atoms with van der Waals surface area (Å²) in [5, 5.41) is 17.2. The number of anilines is 2. The van der Waals surface area contributed by atoms with E-state index < -0.39 is 17.9 Å². The van der Waals surface area contributed by atoms with Crippen molar-refractivity contribution < 1.29 is 43.2 Å². The fourth-order valence-electron chi connectivity index (χ4n) is 4.32. The lowest BCUT2D eigenvalue weighted by Crippen LogP contribution is -2.13. The van der Waals surface area contributed by atoms with Gasteiger partial charge in [0.2, 0.25) is 15.9 Å². The molecule has 0 saturated carbocycles. The van der Waals surface area contributed by atoms with Gasteiger partial charge in [-0.05, 0) is 97.8 Å². The number of nitrogens with zero attached hydrogens (tertiary/aromatic N) is 2. The van der Waals surface area contributed by atoms with Crippen molar-refractivity contribution in [2.24, 2.45) is 0 Å². The van der Waals surface area contributed by atoms with E-state index in [2.05, 4.69) is 15.3 Å². The fraction of sp³-hybridized carbons (Fsp3) is 0.150. The maximum Gasteiger partial charge on any atom is 0.372 e. The van der Waals surface area contributed by atoms with Crippen molar-refractivity contribution in [3.05, 3.63) is 138 Å². The molecule has 1 amide bonds. The number of carboxylic acids is 1. The quantitative estimate of drug-likeness (QED) is 0.0383. The molecule has 0 aliphatic rings. The molecule has 6 rings (SSSR count). The van der Waals surface area contributed by atoms with E-state index in [-0.39, 0.29) is 23.8 Å². The molecule has 2 heterocycles. The predicted molar refractivity (Wildman–Crippen MR) is 230 cm³/mol. The van der Waals surface area contributed by atoms with Crippen molar-refractivity contribution in [2.75, 3.05) is 24.3 Å². The van der Waals surface area contributed by atoms with Crippen LogP contribution in [-0.2, 0) is 9.59 Å². The highest BCUT2D eigenvalue weighted by molar-refractivity contribution is 7.11. The van der Waals surface area contributed by atoms with Crippen LogP contribution in [-0.4, -0.2) is 52.1 Å². The highest BCUT2D eigenvalue weighted by Crippen LogP contribution is 2.29. The number of aliphatic carboxylic acids is 1. The van der Waals surface area contributed by atoms with E-state index in [4.69, 9.17) is 76.2 Å². The number of nitrogens with one attached hydrogen (secondary N) is 1. The standard InChI is InChI=1S/C20H16Cl2N2O4S.C10H10Cl2O3.C10H8N2O2S/c21-13-3-8-17(16(22)12-13)27-10-1-2-18(25)24-14-4-6-15(7-5-14)28-20(26)19-23-9-11-29-19;11-7-3-4-9(8(12)6-7)15-5-1-2-10(13)14;11-7-1-3-8(4-2-7)14-10(13)9-12-5-6-15-9/h3-9,11-12H,1-2,10H2,(H,24,25);3-4,6H,1-2,5H2,(H,13,14);1-6H,11H2. The molecule has 0 unspecified atom stereocenters. The molecule has 0 saturated heterocycles. The van der Waals surface area contributed by atoms with Gasteiger partial charge in [-0.15, -0.1) is 22.7 Å². The summed E-state index contributed by atoms with van der Waals surface area (Å²) in [6.07, 6.45) is 4.44. The summed E-state index contributed by atoms with van der Waals surface area (Å²) >= 11 is 25.9. The van der Waals surface area contributed by atoms with Gasteiger partial charge in [-0.2, -0.15) is 0 Å². The SMILES string of the molecule is Nc1ccc(OC(=O)c2nccs2)cc1.O=C(CCCOc1ccc(Cl)cc1Cl)Nc1ccc(OC(=O)c2nccs2)cc1.O=C(O)CCCOc1ccc(Cl)cc1Cl. The molecule has 0 fully saturated rings. The lowest BCUT2D eigenvalue weighted by Gasteiger charge is -2.09. The predicted octanol–water partition coefficient (Wildman–Crippen LogP) is 10.6. The molecule has 19 heteroatoms. The van der Waals surface area contributed by atoms with Gasteiger partial charge in [-0.25, -0.2) is 19.6 Å². The molecule has 0 spiro atoms. The first-order chi connectivity index (χ1) is 28.4. The van der Waals surface area contributed by atoms with Gasteiger partial charge in [0.1, 0.15) is 23.0 Å². The zero-order valence-corrected chi connectivity index (χ0v) is 35.3. The lowest BCUT2D eigenvalue weighted by atomic mass is 10.2. The van der Waals surface area contributed by atoms with Gasteiger partial charge >= 0.3 is 17.9 Å². The molecule has 308 valence electrons. The van der Waals surface area contributed by atoms with Crippen LogP contribution in [0, 0.1) is 0 Å². The minimum Gasteiger partial charge on any atom is -0.492 e. The van der Waals surface area contributed by atoms with Crippen LogP contribution < -0.4 is 30.0 Å². The summed E-state index contributed by atoms with van der Waals surface area (Å²) in [4.78, 5) is 53.3. The number of halogens is 4. The van der Waals surface area contributed by atoms with Gasteiger partial charge in [0.15, 0.2) is 0 Å². The lowest BCUT2D eigenvalue weighted by molar-refractivity contribution is -0.137. The molecule has 0 aliphatic carbocycles. The van der Waals surface area contributed by atoms with Crippen LogP contribution in [0.2, 0.25) is 20.1 Å². The summed E-state index contributed by atoms with van der Waals surface area (Å²) in [6.45, 7) is 0.675. The topological polar surface area (TPSA) is 189 Å². The van der Waals surface area contributed by atoms with E-state index in [1.54, 1.807) is 102 Å². The largest absolute Gasteiger partial charge is 0.492 e. The van der Waals surface area contributed by atoms with Gasteiger partial charge in [0.05, 0.1) is 23.3 Å². The Labute approximate surface area is 366 Å². The van der Waals surface area contributed by atoms with Crippen LogP contribution in [0.3, 0.4) is 0 Å². The van der Waals surface area contributed by atoms with E-state index in [0.717, 1.165) is 0 Å². The summed E-state index contributed by atoms with van der Waals surface area (Å²) in [7, 11) is 0. The number of benzene rings is 4. The van der Waals surface area contributed by atoms with Crippen molar-refractivity contribution in [1.82, 2.24) is 9.97 Å². The first-order valence-electron chi connectivity index (χ1n) is 17.2. The molecule has 4 aromatic carbocycles. The van der Waals surface area contributed by atoms with E-state index in [1.807, 2.05) is 0 Å². The van der Waals surface area contributed by atoms with E-state index >= 15 is 0 Å². The summed E-state index contributed by atoms with van der Waals surface area (Å²) in [5.41, 5.74) is 6.73. The molecular weight excluding hydrogens is 886 g/mol. The number of hydrogen-bond donors (Lipinski definition) is 3. The van der Waals surface area contributed by atoms with Crippen LogP contribution in [0.1, 0.15) is 45.3 Å². The third-order valence-corrected chi connectivity index (χ3v) is 9.61. The second-order valence-corrected chi connectivity index (χ2v) is 15.0. The summed E-state index contributed by atoms with van der Waals surface area (Å²) in [6, 6.07) is 23.0. The van der Waals surface area contributed by atoms with Crippen LogP contribution in [0.5, 0.6) is 23.0 Å². The number of carbonyl (C=O) groups excluding carboxylic acids is 3. The maximum atomic E-state index is 12.1.